The van der Waals surface area contributed by atoms with Gasteiger partial charge in [-0.25, -0.2) is 9.37 Å². The van der Waals surface area contributed by atoms with Crippen molar-refractivity contribution in [3.8, 4) is 0 Å². The molecule has 1 aromatic carbocycles. The van der Waals surface area contributed by atoms with Crippen LogP contribution in [-0.4, -0.2) is 30.5 Å². The van der Waals surface area contributed by atoms with Crippen LogP contribution in [0.3, 0.4) is 0 Å². The number of hydrogen-bond donors (Lipinski definition) is 1. The van der Waals surface area contributed by atoms with Crippen molar-refractivity contribution in [2.45, 2.75) is 39.0 Å². The molecule has 0 atom stereocenters. The van der Waals surface area contributed by atoms with Crippen molar-refractivity contribution in [3.05, 3.63) is 59.0 Å². The van der Waals surface area contributed by atoms with E-state index in [1.54, 1.807) is 0 Å². The van der Waals surface area contributed by atoms with E-state index in [2.05, 4.69) is 29.3 Å². The fraction of sp³-hybridized carbons (Fsp3) is 0.429. The second-order valence-electron chi connectivity index (χ2n) is 6.73. The van der Waals surface area contributed by atoms with Crippen molar-refractivity contribution in [1.82, 2.24) is 10.3 Å². The highest BCUT2D eigenvalue weighted by Gasteiger charge is 2.14. The van der Waals surface area contributed by atoms with E-state index in [1.807, 2.05) is 0 Å². The average Bonchev–Trinajstić information content (AvgIpc) is 2.67. The first-order valence-electron chi connectivity index (χ1n) is 9.45. The monoisotopic (exact) mass is 355 g/mol. The first kappa shape index (κ1) is 18.4. The number of carbonyl (C=O) groups is 1. The van der Waals surface area contributed by atoms with Crippen molar-refractivity contribution < 1.29 is 9.18 Å². The molecule has 1 aromatic heterocycles. The summed E-state index contributed by atoms with van der Waals surface area (Å²) in [4.78, 5) is 19.2. The van der Waals surface area contributed by atoms with Crippen molar-refractivity contribution in [2.24, 2.45) is 0 Å². The number of halogens is 1. The Balaban J connectivity index is 1.60. The Morgan fingerprint density at radius 3 is 2.65 bits per heavy atom. The van der Waals surface area contributed by atoms with Gasteiger partial charge < -0.3 is 10.2 Å². The van der Waals surface area contributed by atoms with E-state index < -0.39 is 0 Å². The van der Waals surface area contributed by atoms with Crippen LogP contribution in [0.2, 0.25) is 0 Å². The summed E-state index contributed by atoms with van der Waals surface area (Å²) in [6, 6.07) is 9.90. The smallest absolute Gasteiger partial charge is 0.251 e. The van der Waals surface area contributed by atoms with Crippen molar-refractivity contribution in [1.29, 1.82) is 0 Å². The molecule has 0 bridgehead atoms. The summed E-state index contributed by atoms with van der Waals surface area (Å²) >= 11 is 0. The molecule has 4 nitrogen and oxygen atoms in total. The first-order chi connectivity index (χ1) is 12.7. The zero-order chi connectivity index (χ0) is 18.4. The highest BCUT2D eigenvalue weighted by molar-refractivity contribution is 5.94. The summed E-state index contributed by atoms with van der Waals surface area (Å²) in [5.41, 5.74) is 3.08. The van der Waals surface area contributed by atoms with Crippen LogP contribution < -0.4 is 10.2 Å². The number of aryl methyl sites for hydroxylation is 2. The molecule has 2 aromatic rings. The maximum atomic E-state index is 13.0. The fourth-order valence-corrected chi connectivity index (χ4v) is 3.37. The Hall–Kier alpha value is -2.43. The van der Waals surface area contributed by atoms with Gasteiger partial charge in [-0.1, -0.05) is 13.0 Å². The van der Waals surface area contributed by atoms with E-state index in [1.165, 1.54) is 48.4 Å². The van der Waals surface area contributed by atoms with Gasteiger partial charge in [0.2, 0.25) is 0 Å². The molecule has 26 heavy (non-hydrogen) atoms. The van der Waals surface area contributed by atoms with E-state index in [0.29, 0.717) is 18.7 Å². The van der Waals surface area contributed by atoms with Gasteiger partial charge in [-0.15, -0.1) is 0 Å². The van der Waals surface area contributed by atoms with Gasteiger partial charge in [0.1, 0.15) is 11.6 Å². The quantitative estimate of drug-likeness (QED) is 0.823. The van der Waals surface area contributed by atoms with Gasteiger partial charge in [-0.3, -0.25) is 4.79 Å². The van der Waals surface area contributed by atoms with Crippen molar-refractivity contribution >= 4 is 11.7 Å². The Bertz CT molecular complexity index is 745. The third-order valence-electron chi connectivity index (χ3n) is 4.75. The molecule has 0 fully saturated rings. The van der Waals surface area contributed by atoms with Crippen LogP contribution >= 0.6 is 0 Å². The van der Waals surface area contributed by atoms with Crippen LogP contribution in [0.25, 0.3) is 0 Å². The summed E-state index contributed by atoms with van der Waals surface area (Å²) in [6.45, 7) is 4.27. The lowest BCUT2D eigenvalue weighted by Crippen LogP contribution is -2.36. The molecule has 5 heteroatoms. The number of nitrogens with one attached hydrogen (secondary N) is 1. The van der Waals surface area contributed by atoms with Gasteiger partial charge in [0, 0.05) is 30.9 Å². The Labute approximate surface area is 154 Å². The number of hydrogen-bond acceptors (Lipinski definition) is 3. The molecule has 1 heterocycles. The molecule has 138 valence electrons. The van der Waals surface area contributed by atoms with E-state index in [0.717, 1.165) is 31.6 Å². The number of rotatable bonds is 7. The predicted molar refractivity (Wildman–Crippen MR) is 102 cm³/mol. The van der Waals surface area contributed by atoms with Gasteiger partial charge >= 0.3 is 0 Å². The van der Waals surface area contributed by atoms with Gasteiger partial charge in [0.05, 0.1) is 0 Å². The van der Waals surface area contributed by atoms with E-state index >= 15 is 0 Å². The molecule has 0 aliphatic heterocycles. The molecule has 1 N–H and O–H groups in total. The molecule has 0 saturated heterocycles. The number of aromatic nitrogens is 1. The maximum absolute atomic E-state index is 13.0. The molecular formula is C21H26FN3O. The summed E-state index contributed by atoms with van der Waals surface area (Å²) in [5, 5.41) is 2.91. The topological polar surface area (TPSA) is 45.2 Å². The Morgan fingerprint density at radius 2 is 1.88 bits per heavy atom. The summed E-state index contributed by atoms with van der Waals surface area (Å²) in [5.74, 6) is 0.470. The van der Waals surface area contributed by atoms with Crippen LogP contribution in [-0.2, 0) is 12.8 Å². The maximum Gasteiger partial charge on any atom is 0.251 e. The number of fused-ring (bicyclic) bond motifs is 1. The largest absolute Gasteiger partial charge is 0.355 e. The van der Waals surface area contributed by atoms with E-state index in [4.69, 9.17) is 4.98 Å². The second-order valence-corrected chi connectivity index (χ2v) is 6.73. The summed E-state index contributed by atoms with van der Waals surface area (Å²) in [7, 11) is 0. The highest BCUT2D eigenvalue weighted by atomic mass is 19.1. The number of nitrogens with zero attached hydrogens (tertiary/aromatic N) is 2. The molecule has 3 rings (SSSR count). The van der Waals surface area contributed by atoms with Crippen molar-refractivity contribution in [3.63, 3.8) is 0 Å². The lowest BCUT2D eigenvalue weighted by atomic mass is 9.96. The lowest BCUT2D eigenvalue weighted by Gasteiger charge is -2.25. The van der Waals surface area contributed by atoms with Crippen LogP contribution in [0, 0.1) is 5.82 Å². The number of benzene rings is 1. The molecule has 0 spiro atoms. The standard InChI is InChI=1S/C21H26FN3O/c1-2-14-25(20-12-9-16-5-3-4-6-19(16)24-20)15-13-23-21(26)17-7-10-18(22)11-8-17/h7-12H,2-6,13-15H2,1H3,(H,23,26). The van der Waals surface area contributed by atoms with Crippen LogP contribution in [0.1, 0.15) is 47.8 Å². The van der Waals surface area contributed by atoms with Gasteiger partial charge in [-0.05, 0) is 68.0 Å². The number of pyridine rings is 1. The predicted octanol–water partition coefficient (Wildman–Crippen LogP) is 3.75. The van der Waals surface area contributed by atoms with E-state index in [9.17, 15) is 9.18 Å². The summed E-state index contributed by atoms with van der Waals surface area (Å²) < 4.78 is 13.0. The Morgan fingerprint density at radius 1 is 1.12 bits per heavy atom. The number of anilines is 1. The van der Waals surface area contributed by atoms with Gasteiger partial charge in [0.25, 0.3) is 5.91 Å². The zero-order valence-electron chi connectivity index (χ0n) is 15.3. The van der Waals surface area contributed by atoms with E-state index in [-0.39, 0.29) is 11.7 Å². The van der Waals surface area contributed by atoms with Gasteiger partial charge in [-0.2, -0.15) is 0 Å². The molecule has 0 radical (unpaired) electrons. The minimum atomic E-state index is -0.339. The van der Waals surface area contributed by atoms with Crippen LogP contribution in [0.15, 0.2) is 36.4 Å². The summed E-state index contributed by atoms with van der Waals surface area (Å²) in [6.07, 6.45) is 5.67. The normalized spacial score (nSPS) is 13.2. The van der Waals surface area contributed by atoms with Gasteiger partial charge in [0.15, 0.2) is 0 Å². The third-order valence-corrected chi connectivity index (χ3v) is 4.75. The molecular weight excluding hydrogens is 329 g/mol. The molecule has 1 amide bonds. The molecule has 0 saturated carbocycles. The SMILES string of the molecule is CCCN(CCNC(=O)c1ccc(F)cc1)c1ccc2c(n1)CCCC2. The average molecular weight is 355 g/mol. The first-order valence-corrected chi connectivity index (χ1v) is 9.45. The third kappa shape index (κ3) is 4.59. The number of amides is 1. The number of carbonyl (C=O) groups excluding carboxylic acids is 1. The highest BCUT2D eigenvalue weighted by Crippen LogP contribution is 2.22. The molecule has 1 aliphatic rings. The Kier molecular flexibility index (Phi) is 6.21. The zero-order valence-corrected chi connectivity index (χ0v) is 15.3. The lowest BCUT2D eigenvalue weighted by molar-refractivity contribution is 0.0954. The van der Waals surface area contributed by atoms with Crippen LogP contribution in [0.5, 0.6) is 0 Å². The minimum Gasteiger partial charge on any atom is -0.355 e. The van der Waals surface area contributed by atoms with Crippen LogP contribution in [0.4, 0.5) is 10.2 Å². The minimum absolute atomic E-state index is 0.181. The molecule has 1 aliphatic carbocycles. The second kappa shape index (κ2) is 8.79. The molecule has 0 unspecified atom stereocenters. The fourth-order valence-electron chi connectivity index (χ4n) is 3.37. The van der Waals surface area contributed by atoms with Crippen molar-refractivity contribution in [2.75, 3.05) is 24.5 Å².